The van der Waals surface area contributed by atoms with Gasteiger partial charge in [0.05, 0.1) is 32.0 Å². The Morgan fingerprint density at radius 2 is 1.67 bits per heavy atom. The summed E-state index contributed by atoms with van der Waals surface area (Å²) in [6.07, 6.45) is 4.81. The van der Waals surface area contributed by atoms with Gasteiger partial charge in [0.1, 0.15) is 0 Å². The van der Waals surface area contributed by atoms with E-state index >= 15 is 0 Å². The minimum Gasteiger partial charge on any atom is -0.382 e. The predicted molar refractivity (Wildman–Crippen MR) is 86.7 cm³/mol. The molecule has 0 aromatic heterocycles. The number of methoxy groups -OCH3 is 1. The molecule has 1 aliphatic carbocycles. The van der Waals surface area contributed by atoms with Crippen molar-refractivity contribution in [2.24, 2.45) is 11.3 Å². The molecule has 0 aromatic carbocycles. The van der Waals surface area contributed by atoms with E-state index in [4.69, 9.17) is 14.2 Å². The van der Waals surface area contributed by atoms with Gasteiger partial charge in [-0.2, -0.15) is 0 Å². The summed E-state index contributed by atoms with van der Waals surface area (Å²) < 4.78 is 16.7. The molecule has 4 heteroatoms. The fraction of sp³-hybridized carbons (Fsp3) is 1.00. The molecule has 0 bridgehead atoms. The zero-order valence-electron chi connectivity index (χ0n) is 14.7. The van der Waals surface area contributed by atoms with Crippen molar-refractivity contribution in [1.29, 1.82) is 0 Å². The van der Waals surface area contributed by atoms with Crippen LogP contribution in [0.4, 0.5) is 0 Å². The van der Waals surface area contributed by atoms with Gasteiger partial charge in [-0.05, 0) is 44.1 Å². The summed E-state index contributed by atoms with van der Waals surface area (Å²) in [5.41, 5.74) is 0.413. The number of ether oxygens (including phenoxy) is 3. The molecule has 1 aliphatic rings. The fourth-order valence-corrected chi connectivity index (χ4v) is 3.27. The number of rotatable bonds is 9. The van der Waals surface area contributed by atoms with E-state index in [0.717, 1.165) is 25.3 Å². The first-order valence-corrected chi connectivity index (χ1v) is 8.29. The minimum atomic E-state index is 0.00111. The highest BCUT2D eigenvalue weighted by Crippen LogP contribution is 2.42. The summed E-state index contributed by atoms with van der Waals surface area (Å²) in [4.78, 5) is 0. The lowest BCUT2D eigenvalue weighted by Crippen LogP contribution is -2.47. The van der Waals surface area contributed by atoms with Crippen molar-refractivity contribution >= 4 is 0 Å². The Hall–Kier alpha value is -0.160. The monoisotopic (exact) mass is 301 g/mol. The van der Waals surface area contributed by atoms with Crippen molar-refractivity contribution in [1.82, 2.24) is 5.32 Å². The van der Waals surface area contributed by atoms with Crippen LogP contribution in [0.25, 0.3) is 0 Å². The Morgan fingerprint density at radius 1 is 1.05 bits per heavy atom. The molecule has 1 N–H and O–H groups in total. The summed E-state index contributed by atoms with van der Waals surface area (Å²) in [7, 11) is 3.70. The summed E-state index contributed by atoms with van der Waals surface area (Å²) in [5, 5.41) is 3.31. The minimum absolute atomic E-state index is 0.00111. The zero-order valence-corrected chi connectivity index (χ0v) is 14.7. The quantitative estimate of drug-likeness (QED) is 0.665. The van der Waals surface area contributed by atoms with E-state index < -0.39 is 0 Å². The lowest BCUT2D eigenvalue weighted by atomic mass is 9.68. The van der Waals surface area contributed by atoms with Gasteiger partial charge < -0.3 is 19.5 Å². The van der Waals surface area contributed by atoms with Gasteiger partial charge in [-0.25, -0.2) is 0 Å². The first-order valence-electron chi connectivity index (χ1n) is 8.29. The number of nitrogens with one attached hydrogen (secondary N) is 1. The Bertz CT molecular complexity index is 268. The van der Waals surface area contributed by atoms with Gasteiger partial charge in [0.25, 0.3) is 0 Å². The zero-order chi connectivity index (χ0) is 15.8. The second-order valence-corrected chi connectivity index (χ2v) is 7.31. The number of likely N-dealkylation sites (N-methyl/N-ethyl adjacent to an activating group) is 1. The molecule has 21 heavy (non-hydrogen) atoms. The molecule has 0 amide bonds. The van der Waals surface area contributed by atoms with Crippen LogP contribution in [-0.2, 0) is 14.2 Å². The molecule has 0 unspecified atom stereocenters. The molecule has 0 heterocycles. The van der Waals surface area contributed by atoms with E-state index in [-0.39, 0.29) is 5.60 Å². The molecule has 0 saturated heterocycles. The maximum absolute atomic E-state index is 6.22. The van der Waals surface area contributed by atoms with E-state index in [0.29, 0.717) is 31.8 Å². The third kappa shape index (κ3) is 6.64. The maximum atomic E-state index is 6.22. The van der Waals surface area contributed by atoms with Gasteiger partial charge in [-0.15, -0.1) is 0 Å². The second-order valence-electron chi connectivity index (χ2n) is 7.31. The topological polar surface area (TPSA) is 39.7 Å². The first kappa shape index (κ1) is 18.9. The Kier molecular flexibility index (Phi) is 8.17. The van der Waals surface area contributed by atoms with Crippen LogP contribution in [0.5, 0.6) is 0 Å². The van der Waals surface area contributed by atoms with E-state index in [9.17, 15) is 0 Å². The van der Waals surface area contributed by atoms with Crippen molar-refractivity contribution < 1.29 is 14.2 Å². The van der Waals surface area contributed by atoms with Gasteiger partial charge >= 0.3 is 0 Å². The van der Waals surface area contributed by atoms with Crippen molar-refractivity contribution in [3.8, 4) is 0 Å². The van der Waals surface area contributed by atoms with Crippen LogP contribution in [0.2, 0.25) is 0 Å². The third-order valence-corrected chi connectivity index (χ3v) is 4.69. The molecule has 1 fully saturated rings. The van der Waals surface area contributed by atoms with Crippen LogP contribution in [0, 0.1) is 11.3 Å². The molecule has 4 nitrogen and oxygen atoms in total. The van der Waals surface area contributed by atoms with Crippen molar-refractivity contribution in [3.63, 3.8) is 0 Å². The molecular formula is C17H35NO3. The van der Waals surface area contributed by atoms with E-state index in [1.807, 2.05) is 7.05 Å². The van der Waals surface area contributed by atoms with Gasteiger partial charge in [0, 0.05) is 13.7 Å². The first-order chi connectivity index (χ1) is 9.93. The van der Waals surface area contributed by atoms with Crippen molar-refractivity contribution in [2.45, 2.75) is 52.1 Å². The lowest BCUT2D eigenvalue weighted by Gasteiger charge is -2.44. The predicted octanol–water partition coefficient (Wildman–Crippen LogP) is 2.86. The van der Waals surface area contributed by atoms with Crippen LogP contribution >= 0.6 is 0 Å². The van der Waals surface area contributed by atoms with E-state index in [1.54, 1.807) is 7.11 Å². The molecule has 0 aromatic rings. The molecule has 0 aliphatic heterocycles. The second kappa shape index (κ2) is 9.09. The number of hydrogen-bond acceptors (Lipinski definition) is 4. The average molecular weight is 301 g/mol. The Labute approximate surface area is 130 Å². The standard InChI is InChI=1S/C17H35NO3/c1-16(2,3)15-6-8-17(9-7-15,14-18-4)21-13-12-20-11-10-19-5/h15,18H,6-14H2,1-5H3. The van der Waals surface area contributed by atoms with Gasteiger partial charge in [-0.3, -0.25) is 0 Å². The Morgan fingerprint density at radius 3 is 2.19 bits per heavy atom. The normalized spacial score (nSPS) is 27.0. The summed E-state index contributed by atoms with van der Waals surface area (Å²) in [6, 6.07) is 0. The van der Waals surface area contributed by atoms with E-state index in [1.165, 1.54) is 12.8 Å². The van der Waals surface area contributed by atoms with Gasteiger partial charge in [0.15, 0.2) is 0 Å². The summed E-state index contributed by atoms with van der Waals surface area (Å²) >= 11 is 0. The third-order valence-electron chi connectivity index (χ3n) is 4.69. The van der Waals surface area contributed by atoms with Gasteiger partial charge in [0.2, 0.25) is 0 Å². The Balaban J connectivity index is 2.35. The number of hydrogen-bond donors (Lipinski definition) is 1. The van der Waals surface area contributed by atoms with Crippen LogP contribution < -0.4 is 5.32 Å². The molecule has 1 saturated carbocycles. The van der Waals surface area contributed by atoms with Crippen LogP contribution in [0.3, 0.4) is 0 Å². The van der Waals surface area contributed by atoms with Crippen molar-refractivity contribution in [3.05, 3.63) is 0 Å². The molecular weight excluding hydrogens is 266 g/mol. The van der Waals surface area contributed by atoms with Gasteiger partial charge in [-0.1, -0.05) is 20.8 Å². The molecule has 0 spiro atoms. The lowest BCUT2D eigenvalue weighted by molar-refractivity contribution is -0.0998. The highest BCUT2D eigenvalue weighted by atomic mass is 16.5. The van der Waals surface area contributed by atoms with Crippen molar-refractivity contribution in [2.75, 3.05) is 47.1 Å². The molecule has 126 valence electrons. The highest BCUT2D eigenvalue weighted by Gasteiger charge is 2.39. The van der Waals surface area contributed by atoms with Crippen LogP contribution in [0.1, 0.15) is 46.5 Å². The average Bonchev–Trinajstić information content (AvgIpc) is 2.43. The molecule has 0 atom stereocenters. The summed E-state index contributed by atoms with van der Waals surface area (Å²) in [5.74, 6) is 0.809. The molecule has 0 radical (unpaired) electrons. The van der Waals surface area contributed by atoms with E-state index in [2.05, 4.69) is 26.1 Å². The van der Waals surface area contributed by atoms with Crippen LogP contribution in [-0.4, -0.2) is 52.7 Å². The van der Waals surface area contributed by atoms with Crippen LogP contribution in [0.15, 0.2) is 0 Å². The molecule has 1 rings (SSSR count). The SMILES string of the molecule is CNCC1(OCCOCCOC)CCC(C(C)(C)C)CC1. The fourth-order valence-electron chi connectivity index (χ4n) is 3.27. The highest BCUT2D eigenvalue weighted by molar-refractivity contribution is 4.91. The maximum Gasteiger partial charge on any atom is 0.0807 e. The largest absolute Gasteiger partial charge is 0.382 e. The summed E-state index contributed by atoms with van der Waals surface area (Å²) in [6.45, 7) is 10.6. The smallest absolute Gasteiger partial charge is 0.0807 e.